The van der Waals surface area contributed by atoms with Gasteiger partial charge in [0.1, 0.15) is 11.9 Å². The molecule has 2 fully saturated rings. The number of carbonyl (C=O) groups excluding carboxylic acids is 2. The third kappa shape index (κ3) is 5.37. The number of amides is 2. The molecule has 8 heteroatoms. The summed E-state index contributed by atoms with van der Waals surface area (Å²) in [7, 11) is 0. The maximum Gasteiger partial charge on any atom is 0.250 e. The van der Waals surface area contributed by atoms with Crippen LogP contribution in [-0.4, -0.2) is 33.2 Å². The van der Waals surface area contributed by atoms with Crippen LogP contribution < -0.4 is 5.32 Å². The molecule has 1 saturated carbocycles. The molecule has 206 valence electrons. The SMILES string of the molecule is O=C(N[C@H](C(=O)N1CCC[C@H]1c1ncc(-c2ccc(-c3ccc(-c4ccccc4)s3)s2)[nH]1)c1ccccc1)C1CC1. The Kier molecular flexibility index (Phi) is 7.02. The van der Waals surface area contributed by atoms with Crippen molar-refractivity contribution in [3.8, 4) is 30.8 Å². The highest BCUT2D eigenvalue weighted by atomic mass is 32.1. The number of nitrogens with one attached hydrogen (secondary N) is 2. The molecule has 41 heavy (non-hydrogen) atoms. The molecule has 4 heterocycles. The van der Waals surface area contributed by atoms with Crippen LogP contribution in [0.5, 0.6) is 0 Å². The average Bonchev–Trinajstić information content (AvgIpc) is 3.47. The second-order valence-corrected chi connectivity index (χ2v) is 12.9. The minimum atomic E-state index is -0.689. The fourth-order valence-corrected chi connectivity index (χ4v) is 7.57. The van der Waals surface area contributed by atoms with E-state index in [1.54, 1.807) is 22.7 Å². The van der Waals surface area contributed by atoms with Crippen LogP contribution in [0.2, 0.25) is 0 Å². The van der Waals surface area contributed by atoms with Gasteiger partial charge in [-0.15, -0.1) is 22.7 Å². The van der Waals surface area contributed by atoms with E-state index in [-0.39, 0.29) is 23.8 Å². The maximum absolute atomic E-state index is 13.9. The van der Waals surface area contributed by atoms with Crippen molar-refractivity contribution in [1.82, 2.24) is 20.2 Å². The number of nitrogens with zero attached hydrogens (tertiary/aromatic N) is 2. The van der Waals surface area contributed by atoms with Crippen molar-refractivity contribution in [2.24, 2.45) is 5.92 Å². The topological polar surface area (TPSA) is 78.1 Å². The zero-order valence-corrected chi connectivity index (χ0v) is 24.1. The summed E-state index contributed by atoms with van der Waals surface area (Å²) < 4.78 is 0. The Labute approximate surface area is 247 Å². The van der Waals surface area contributed by atoms with Crippen molar-refractivity contribution in [3.05, 3.63) is 103 Å². The second kappa shape index (κ2) is 11.1. The molecule has 6 nitrogen and oxygen atoms in total. The van der Waals surface area contributed by atoms with Crippen LogP contribution >= 0.6 is 22.7 Å². The lowest BCUT2D eigenvalue weighted by molar-refractivity contribution is -0.137. The predicted octanol–water partition coefficient (Wildman–Crippen LogP) is 7.46. The molecule has 2 atom stereocenters. The van der Waals surface area contributed by atoms with Gasteiger partial charge in [-0.3, -0.25) is 9.59 Å². The van der Waals surface area contributed by atoms with Gasteiger partial charge in [-0.25, -0.2) is 4.98 Å². The number of imidazole rings is 1. The molecule has 0 spiro atoms. The summed E-state index contributed by atoms with van der Waals surface area (Å²) in [6.07, 6.45) is 5.40. The van der Waals surface area contributed by atoms with Crippen LogP contribution in [0.1, 0.15) is 49.2 Å². The molecule has 7 rings (SSSR count). The van der Waals surface area contributed by atoms with Crippen LogP contribution in [0.3, 0.4) is 0 Å². The number of hydrogen-bond acceptors (Lipinski definition) is 5. The molecule has 0 radical (unpaired) electrons. The fraction of sp³-hybridized carbons (Fsp3) is 0.242. The molecule has 3 aromatic heterocycles. The van der Waals surface area contributed by atoms with Gasteiger partial charge in [0.25, 0.3) is 0 Å². The first-order valence-corrected chi connectivity index (χ1v) is 15.7. The normalized spacial score (nSPS) is 17.5. The number of carbonyl (C=O) groups is 2. The lowest BCUT2D eigenvalue weighted by Crippen LogP contribution is -2.43. The monoisotopic (exact) mass is 578 g/mol. The van der Waals surface area contributed by atoms with Gasteiger partial charge in [-0.2, -0.15) is 0 Å². The Morgan fingerprint density at radius 1 is 0.829 bits per heavy atom. The van der Waals surface area contributed by atoms with Crippen LogP contribution in [0.15, 0.2) is 91.1 Å². The Balaban J connectivity index is 1.10. The number of hydrogen-bond donors (Lipinski definition) is 2. The number of benzene rings is 2. The molecule has 1 saturated heterocycles. The minimum absolute atomic E-state index is 0.0293. The summed E-state index contributed by atoms with van der Waals surface area (Å²) in [6.45, 7) is 0.646. The highest BCUT2D eigenvalue weighted by molar-refractivity contribution is 7.25. The first kappa shape index (κ1) is 25.9. The summed E-state index contributed by atoms with van der Waals surface area (Å²) >= 11 is 3.54. The van der Waals surface area contributed by atoms with Crippen LogP contribution in [0.4, 0.5) is 0 Å². The fourth-order valence-electron chi connectivity index (χ4n) is 5.49. The van der Waals surface area contributed by atoms with E-state index >= 15 is 0 Å². The molecule has 2 aliphatic rings. The first-order chi connectivity index (χ1) is 20.1. The first-order valence-electron chi connectivity index (χ1n) is 14.1. The molecule has 1 aliphatic heterocycles. The van der Waals surface area contributed by atoms with Crippen molar-refractivity contribution >= 4 is 34.5 Å². The molecule has 0 unspecified atom stereocenters. The van der Waals surface area contributed by atoms with E-state index in [4.69, 9.17) is 4.98 Å². The molecule has 2 aromatic carbocycles. The van der Waals surface area contributed by atoms with E-state index in [2.05, 4.69) is 58.8 Å². The summed E-state index contributed by atoms with van der Waals surface area (Å²) in [6, 6.07) is 27.9. The maximum atomic E-state index is 13.9. The van der Waals surface area contributed by atoms with Gasteiger partial charge in [-0.05, 0) is 61.1 Å². The number of rotatable bonds is 8. The summed E-state index contributed by atoms with van der Waals surface area (Å²) in [4.78, 5) is 41.6. The number of thiophene rings is 2. The third-order valence-electron chi connectivity index (χ3n) is 7.84. The van der Waals surface area contributed by atoms with Gasteiger partial charge in [-0.1, -0.05) is 60.7 Å². The van der Waals surface area contributed by atoms with Crippen molar-refractivity contribution in [2.45, 2.75) is 37.8 Å². The van der Waals surface area contributed by atoms with Gasteiger partial charge in [0.15, 0.2) is 0 Å². The standard InChI is InChI=1S/C33H30N4O2S2/c38-32(23-13-14-23)36-30(22-10-5-2-6-11-22)33(39)37-19-7-12-25(37)31-34-20-24(35-31)27-16-18-29(41-27)28-17-15-26(40-28)21-8-3-1-4-9-21/h1-6,8-11,15-18,20,23,25,30H,7,12-14,19H2,(H,34,35)(H,36,38)/t25-,30-/m0/s1. The zero-order chi connectivity index (χ0) is 27.8. The van der Waals surface area contributed by atoms with E-state index in [9.17, 15) is 9.59 Å². The van der Waals surface area contributed by atoms with E-state index in [1.165, 1.54) is 20.2 Å². The molecule has 0 bridgehead atoms. The van der Waals surface area contributed by atoms with Gasteiger partial charge < -0.3 is 15.2 Å². The van der Waals surface area contributed by atoms with Gasteiger partial charge in [0, 0.05) is 27.1 Å². The Morgan fingerprint density at radius 2 is 1.49 bits per heavy atom. The van der Waals surface area contributed by atoms with E-state index in [0.717, 1.165) is 47.6 Å². The highest BCUT2D eigenvalue weighted by Crippen LogP contribution is 2.41. The molecule has 2 N–H and O–H groups in total. The molecule has 2 amide bonds. The molecular formula is C33H30N4O2S2. The lowest BCUT2D eigenvalue weighted by Gasteiger charge is -2.28. The number of H-pyrrole nitrogens is 1. The van der Waals surface area contributed by atoms with E-state index in [1.807, 2.05) is 47.5 Å². The Morgan fingerprint density at radius 3 is 2.22 bits per heavy atom. The third-order valence-corrected chi connectivity index (χ3v) is 10.3. The van der Waals surface area contributed by atoms with Crippen molar-refractivity contribution in [2.75, 3.05) is 6.54 Å². The quantitative estimate of drug-likeness (QED) is 0.201. The summed E-state index contributed by atoms with van der Waals surface area (Å²) in [5, 5.41) is 3.05. The molecule has 5 aromatic rings. The Hall–Kier alpha value is -4.01. The average molecular weight is 579 g/mol. The van der Waals surface area contributed by atoms with Gasteiger partial charge in [0.05, 0.1) is 22.8 Å². The largest absolute Gasteiger partial charge is 0.340 e. The zero-order valence-electron chi connectivity index (χ0n) is 22.5. The van der Waals surface area contributed by atoms with E-state index < -0.39 is 6.04 Å². The summed E-state index contributed by atoms with van der Waals surface area (Å²) in [5.41, 5.74) is 3.00. The van der Waals surface area contributed by atoms with E-state index in [0.29, 0.717) is 6.54 Å². The number of aromatic amines is 1. The van der Waals surface area contributed by atoms with Crippen molar-refractivity contribution < 1.29 is 9.59 Å². The van der Waals surface area contributed by atoms with Crippen molar-refractivity contribution in [3.63, 3.8) is 0 Å². The molecule has 1 aliphatic carbocycles. The summed E-state index contributed by atoms with van der Waals surface area (Å²) in [5.74, 6) is 0.726. The van der Waals surface area contributed by atoms with Crippen molar-refractivity contribution in [1.29, 1.82) is 0 Å². The smallest absolute Gasteiger partial charge is 0.250 e. The number of aromatic nitrogens is 2. The van der Waals surface area contributed by atoms with Gasteiger partial charge in [0.2, 0.25) is 11.8 Å². The highest BCUT2D eigenvalue weighted by Gasteiger charge is 2.39. The number of likely N-dealkylation sites (tertiary alicyclic amines) is 1. The van der Waals surface area contributed by atoms with Crippen LogP contribution in [0.25, 0.3) is 30.8 Å². The van der Waals surface area contributed by atoms with Crippen LogP contribution in [-0.2, 0) is 9.59 Å². The molecular weight excluding hydrogens is 549 g/mol. The lowest BCUT2D eigenvalue weighted by atomic mass is 10.0. The second-order valence-electron chi connectivity index (χ2n) is 10.7. The predicted molar refractivity (Wildman–Crippen MR) is 164 cm³/mol. The Bertz CT molecular complexity index is 1670. The van der Waals surface area contributed by atoms with Crippen LogP contribution in [0, 0.1) is 5.92 Å². The van der Waals surface area contributed by atoms with Gasteiger partial charge >= 0.3 is 0 Å². The minimum Gasteiger partial charge on any atom is -0.340 e.